The Balaban J connectivity index is 1.86. The number of hydrogen-bond acceptors (Lipinski definition) is 7. The molecule has 3 aromatic rings. The number of aliphatic hydroxyl groups is 1. The van der Waals surface area contributed by atoms with Gasteiger partial charge in [0, 0.05) is 23.3 Å². The summed E-state index contributed by atoms with van der Waals surface area (Å²) in [6.45, 7) is 0. The van der Waals surface area contributed by atoms with Gasteiger partial charge in [0.15, 0.2) is 11.2 Å². The van der Waals surface area contributed by atoms with Crippen LogP contribution in [0.25, 0.3) is 0 Å². The third-order valence-electron chi connectivity index (χ3n) is 6.87. The SMILES string of the molecule is COC(=O)C1=C[C@@]2(O)c3c(OC)cc(OC)cc3O[C@@]2(c2ccc(OC)cc2)[C@@H]1c1ccccc1. The summed E-state index contributed by atoms with van der Waals surface area (Å²) in [5.41, 5.74) is -1.06. The van der Waals surface area contributed by atoms with Crippen LogP contribution in [0.4, 0.5) is 0 Å². The Labute approximate surface area is 203 Å². The van der Waals surface area contributed by atoms with E-state index in [-0.39, 0.29) is 0 Å². The van der Waals surface area contributed by atoms with Crippen LogP contribution in [0.1, 0.15) is 22.6 Å². The van der Waals surface area contributed by atoms with Gasteiger partial charge in [-0.1, -0.05) is 42.5 Å². The standard InChI is InChI=1S/C28H26O7/c1-31-19-12-10-18(11-13-19)28-24(17-8-6-5-7-9-17)21(26(29)34-4)16-27(28,30)25-22(33-3)14-20(32-2)15-23(25)35-28/h5-16,24,30H,1-4H3/t24-,27-,28+/m1/s1. The van der Waals surface area contributed by atoms with Crippen LogP contribution in [-0.4, -0.2) is 39.5 Å². The largest absolute Gasteiger partial charge is 0.497 e. The number of ether oxygens (including phenoxy) is 5. The van der Waals surface area contributed by atoms with Gasteiger partial charge in [-0.3, -0.25) is 0 Å². The Hall–Kier alpha value is -3.97. The van der Waals surface area contributed by atoms with Crippen molar-refractivity contribution in [2.75, 3.05) is 28.4 Å². The first-order valence-corrected chi connectivity index (χ1v) is 11.1. The fourth-order valence-electron chi connectivity index (χ4n) is 5.36. The van der Waals surface area contributed by atoms with E-state index in [0.29, 0.717) is 39.7 Å². The van der Waals surface area contributed by atoms with Gasteiger partial charge in [0.25, 0.3) is 0 Å². The predicted molar refractivity (Wildman–Crippen MR) is 128 cm³/mol. The van der Waals surface area contributed by atoms with Gasteiger partial charge in [-0.15, -0.1) is 0 Å². The molecule has 2 aliphatic rings. The number of carbonyl (C=O) groups excluding carboxylic acids is 1. The van der Waals surface area contributed by atoms with Gasteiger partial charge >= 0.3 is 5.97 Å². The summed E-state index contributed by atoms with van der Waals surface area (Å²) in [6, 6.07) is 20.1. The van der Waals surface area contributed by atoms with Crippen LogP contribution in [0.5, 0.6) is 23.0 Å². The van der Waals surface area contributed by atoms with Gasteiger partial charge in [-0.2, -0.15) is 0 Å². The molecular formula is C28H26O7. The van der Waals surface area contributed by atoms with Crippen molar-refractivity contribution in [3.8, 4) is 23.0 Å². The van der Waals surface area contributed by atoms with E-state index in [2.05, 4.69) is 0 Å². The molecule has 1 N–H and O–H groups in total. The highest BCUT2D eigenvalue weighted by atomic mass is 16.5. The van der Waals surface area contributed by atoms with Crippen LogP contribution in [-0.2, 0) is 20.7 Å². The van der Waals surface area contributed by atoms with E-state index in [0.717, 1.165) is 5.56 Å². The van der Waals surface area contributed by atoms with Crippen molar-refractivity contribution >= 4 is 5.97 Å². The molecule has 0 unspecified atom stereocenters. The minimum absolute atomic E-state index is 0.292. The highest BCUT2D eigenvalue weighted by molar-refractivity contribution is 5.93. The summed E-state index contributed by atoms with van der Waals surface area (Å²) in [7, 11) is 5.97. The number of hydrogen-bond donors (Lipinski definition) is 1. The lowest BCUT2D eigenvalue weighted by molar-refractivity contribution is -0.137. The molecule has 3 atom stereocenters. The number of methoxy groups -OCH3 is 4. The first-order valence-electron chi connectivity index (χ1n) is 11.1. The molecule has 1 heterocycles. The monoisotopic (exact) mass is 474 g/mol. The van der Waals surface area contributed by atoms with Crippen LogP contribution in [0, 0.1) is 0 Å². The van der Waals surface area contributed by atoms with Crippen molar-refractivity contribution < 1.29 is 33.6 Å². The zero-order chi connectivity index (χ0) is 24.8. The molecule has 0 spiro atoms. The maximum Gasteiger partial charge on any atom is 0.334 e. The number of esters is 1. The zero-order valence-electron chi connectivity index (χ0n) is 19.9. The fraction of sp³-hybridized carbons (Fsp3) is 0.250. The van der Waals surface area contributed by atoms with E-state index in [1.165, 1.54) is 14.2 Å². The van der Waals surface area contributed by atoms with E-state index in [9.17, 15) is 9.90 Å². The van der Waals surface area contributed by atoms with E-state index in [4.69, 9.17) is 23.7 Å². The zero-order valence-corrected chi connectivity index (χ0v) is 19.9. The third kappa shape index (κ3) is 3.12. The van der Waals surface area contributed by atoms with E-state index < -0.39 is 23.1 Å². The lowest BCUT2D eigenvalue weighted by Crippen LogP contribution is -2.49. The van der Waals surface area contributed by atoms with Crippen molar-refractivity contribution in [2.45, 2.75) is 17.1 Å². The van der Waals surface area contributed by atoms with Crippen LogP contribution in [0.15, 0.2) is 78.4 Å². The first kappa shape index (κ1) is 22.8. The van der Waals surface area contributed by atoms with Crippen molar-refractivity contribution in [3.63, 3.8) is 0 Å². The average molecular weight is 475 g/mol. The molecule has 0 radical (unpaired) electrons. The minimum atomic E-state index is -1.77. The Morgan fingerprint density at radius 2 is 1.57 bits per heavy atom. The number of fused-ring (bicyclic) bond motifs is 3. The molecule has 0 amide bonds. The summed E-state index contributed by atoms with van der Waals surface area (Å²) in [4.78, 5) is 13.1. The van der Waals surface area contributed by atoms with E-state index in [1.807, 2.05) is 42.5 Å². The second kappa shape index (κ2) is 8.36. The summed E-state index contributed by atoms with van der Waals surface area (Å²) in [6.07, 6.45) is 1.54. The molecule has 1 aliphatic heterocycles. The van der Waals surface area contributed by atoms with Gasteiger partial charge in [0.2, 0.25) is 0 Å². The van der Waals surface area contributed by atoms with Gasteiger partial charge in [0.05, 0.1) is 39.9 Å². The van der Waals surface area contributed by atoms with Crippen molar-refractivity contribution in [3.05, 3.63) is 95.1 Å². The van der Waals surface area contributed by atoms with Crippen LogP contribution in [0.3, 0.4) is 0 Å². The molecule has 0 aromatic heterocycles. The molecule has 0 fully saturated rings. The Kier molecular flexibility index (Phi) is 5.44. The highest BCUT2D eigenvalue weighted by Gasteiger charge is 2.70. The second-order valence-corrected chi connectivity index (χ2v) is 8.47. The number of rotatable bonds is 6. The Morgan fingerprint density at radius 1 is 0.886 bits per heavy atom. The van der Waals surface area contributed by atoms with Crippen molar-refractivity contribution in [2.24, 2.45) is 0 Å². The van der Waals surface area contributed by atoms with Crippen molar-refractivity contribution in [1.29, 1.82) is 0 Å². The predicted octanol–water partition coefficient (Wildman–Crippen LogP) is 4.08. The van der Waals surface area contributed by atoms with Gasteiger partial charge in [-0.05, 0) is 23.8 Å². The molecular weight excluding hydrogens is 448 g/mol. The van der Waals surface area contributed by atoms with Gasteiger partial charge < -0.3 is 28.8 Å². The molecule has 5 rings (SSSR count). The lowest BCUT2D eigenvalue weighted by Gasteiger charge is -2.40. The highest BCUT2D eigenvalue weighted by Crippen LogP contribution is 2.67. The molecule has 180 valence electrons. The van der Waals surface area contributed by atoms with Gasteiger partial charge in [0.1, 0.15) is 23.0 Å². The normalized spacial score (nSPS) is 24.0. The average Bonchev–Trinajstić information content (AvgIpc) is 3.31. The molecule has 0 bridgehead atoms. The molecule has 7 nitrogen and oxygen atoms in total. The Bertz CT molecular complexity index is 1300. The molecule has 35 heavy (non-hydrogen) atoms. The quantitative estimate of drug-likeness (QED) is 0.539. The maximum absolute atomic E-state index is 13.1. The fourth-order valence-corrected chi connectivity index (χ4v) is 5.36. The smallest absolute Gasteiger partial charge is 0.334 e. The summed E-state index contributed by atoms with van der Waals surface area (Å²) >= 11 is 0. The maximum atomic E-state index is 13.1. The molecule has 7 heteroatoms. The molecule has 0 saturated heterocycles. The number of benzene rings is 3. The first-order chi connectivity index (χ1) is 16.9. The summed E-state index contributed by atoms with van der Waals surface area (Å²) < 4.78 is 28.4. The molecule has 3 aromatic carbocycles. The van der Waals surface area contributed by atoms with Gasteiger partial charge in [-0.25, -0.2) is 4.79 Å². The van der Waals surface area contributed by atoms with Crippen LogP contribution >= 0.6 is 0 Å². The van der Waals surface area contributed by atoms with E-state index in [1.54, 1.807) is 44.6 Å². The van der Waals surface area contributed by atoms with E-state index >= 15 is 0 Å². The van der Waals surface area contributed by atoms with Crippen molar-refractivity contribution in [1.82, 2.24) is 0 Å². The lowest BCUT2D eigenvalue weighted by atomic mass is 9.69. The Morgan fingerprint density at radius 3 is 2.17 bits per heavy atom. The summed E-state index contributed by atoms with van der Waals surface area (Å²) in [5.74, 6) is 0.707. The second-order valence-electron chi connectivity index (χ2n) is 8.47. The van der Waals surface area contributed by atoms with Crippen LogP contribution in [0.2, 0.25) is 0 Å². The summed E-state index contributed by atoms with van der Waals surface area (Å²) in [5, 5.41) is 12.6. The molecule has 0 saturated carbocycles. The van der Waals surface area contributed by atoms with Crippen LogP contribution < -0.4 is 18.9 Å². The third-order valence-corrected chi connectivity index (χ3v) is 6.87. The number of carbonyl (C=O) groups is 1. The topological polar surface area (TPSA) is 83.5 Å². The molecule has 1 aliphatic carbocycles. The minimum Gasteiger partial charge on any atom is -0.497 e.